The summed E-state index contributed by atoms with van der Waals surface area (Å²) in [6.45, 7) is 3.22. The molecule has 8 heteroatoms. The fourth-order valence-electron chi connectivity index (χ4n) is 2.21. The lowest BCUT2D eigenvalue weighted by atomic mass is 10.2. The van der Waals surface area contributed by atoms with Gasteiger partial charge >= 0.3 is 0 Å². The van der Waals surface area contributed by atoms with Crippen LogP contribution in [0.2, 0.25) is 0 Å². The average molecular weight is 303 g/mol. The molecule has 0 spiro atoms. The van der Waals surface area contributed by atoms with Crippen LogP contribution in [0.5, 0.6) is 0 Å². The Bertz CT molecular complexity index is 651. The Morgan fingerprint density at radius 2 is 2.27 bits per heavy atom. The Labute approximate surface area is 127 Å². The van der Waals surface area contributed by atoms with E-state index in [-0.39, 0.29) is 17.7 Å². The van der Waals surface area contributed by atoms with Crippen LogP contribution in [0.1, 0.15) is 29.1 Å². The largest absolute Gasteiger partial charge is 0.376 e. The van der Waals surface area contributed by atoms with E-state index in [2.05, 4.69) is 25.8 Å². The van der Waals surface area contributed by atoms with Gasteiger partial charge < -0.3 is 19.9 Å². The van der Waals surface area contributed by atoms with Crippen molar-refractivity contribution in [1.29, 1.82) is 0 Å². The number of anilines is 2. The zero-order valence-corrected chi connectivity index (χ0v) is 12.2. The van der Waals surface area contributed by atoms with E-state index in [1.54, 1.807) is 19.1 Å². The highest BCUT2D eigenvalue weighted by Gasteiger charge is 2.16. The minimum Gasteiger partial charge on any atom is -0.376 e. The van der Waals surface area contributed by atoms with Crippen LogP contribution < -0.4 is 10.6 Å². The van der Waals surface area contributed by atoms with Gasteiger partial charge in [-0.2, -0.15) is 0 Å². The van der Waals surface area contributed by atoms with Crippen LogP contribution in [0.25, 0.3) is 0 Å². The van der Waals surface area contributed by atoms with Gasteiger partial charge in [-0.1, -0.05) is 5.16 Å². The van der Waals surface area contributed by atoms with Crippen LogP contribution in [0, 0.1) is 6.92 Å². The first-order valence-electron chi connectivity index (χ1n) is 7.13. The Kier molecular flexibility index (Phi) is 4.29. The lowest BCUT2D eigenvalue weighted by molar-refractivity contribution is 0.102. The molecule has 0 aromatic carbocycles. The summed E-state index contributed by atoms with van der Waals surface area (Å²) in [5.41, 5.74) is 0.255. The molecule has 1 aliphatic rings. The number of aryl methyl sites for hydroxylation is 1. The molecule has 1 saturated heterocycles. The van der Waals surface area contributed by atoms with E-state index >= 15 is 0 Å². The van der Waals surface area contributed by atoms with Gasteiger partial charge in [-0.3, -0.25) is 4.79 Å². The monoisotopic (exact) mass is 303 g/mol. The van der Waals surface area contributed by atoms with E-state index in [4.69, 9.17) is 9.26 Å². The highest BCUT2D eigenvalue weighted by Crippen LogP contribution is 2.14. The Morgan fingerprint density at radius 1 is 1.36 bits per heavy atom. The molecule has 3 heterocycles. The van der Waals surface area contributed by atoms with Crippen molar-refractivity contribution in [3.8, 4) is 0 Å². The minimum atomic E-state index is -0.365. The van der Waals surface area contributed by atoms with E-state index in [0.29, 0.717) is 23.9 Å². The van der Waals surface area contributed by atoms with Crippen molar-refractivity contribution in [3.63, 3.8) is 0 Å². The molecule has 1 fully saturated rings. The first-order valence-corrected chi connectivity index (χ1v) is 7.13. The third-order valence-electron chi connectivity index (χ3n) is 3.30. The highest BCUT2D eigenvalue weighted by atomic mass is 16.5. The molecule has 2 aromatic rings. The second-order valence-electron chi connectivity index (χ2n) is 5.08. The quantitative estimate of drug-likeness (QED) is 0.865. The zero-order chi connectivity index (χ0) is 15.4. The van der Waals surface area contributed by atoms with Gasteiger partial charge in [-0.15, -0.1) is 0 Å². The zero-order valence-electron chi connectivity index (χ0n) is 12.2. The van der Waals surface area contributed by atoms with Gasteiger partial charge in [-0.25, -0.2) is 9.97 Å². The standard InChI is InChI=1S/C14H17N5O3/c1-9-5-13(19-22-9)18-14(20)11-6-12(17-8-16-11)15-7-10-3-2-4-21-10/h5-6,8,10H,2-4,7H2,1H3,(H,15,16,17)(H,18,19,20). The summed E-state index contributed by atoms with van der Waals surface area (Å²) in [7, 11) is 0. The normalized spacial score (nSPS) is 17.4. The van der Waals surface area contributed by atoms with Gasteiger partial charge in [-0.05, 0) is 19.8 Å². The van der Waals surface area contributed by atoms with Gasteiger partial charge in [0.1, 0.15) is 23.6 Å². The summed E-state index contributed by atoms with van der Waals surface area (Å²) in [5.74, 6) is 1.20. The van der Waals surface area contributed by atoms with E-state index < -0.39 is 0 Å². The second-order valence-corrected chi connectivity index (χ2v) is 5.08. The third-order valence-corrected chi connectivity index (χ3v) is 3.30. The molecule has 2 aromatic heterocycles. The fourth-order valence-corrected chi connectivity index (χ4v) is 2.21. The predicted molar refractivity (Wildman–Crippen MR) is 78.7 cm³/mol. The maximum absolute atomic E-state index is 12.1. The van der Waals surface area contributed by atoms with Gasteiger partial charge in [0.2, 0.25) is 0 Å². The van der Waals surface area contributed by atoms with Crippen LogP contribution in [0.15, 0.2) is 23.0 Å². The molecule has 0 aliphatic carbocycles. The van der Waals surface area contributed by atoms with Gasteiger partial charge in [0.05, 0.1) is 6.10 Å². The number of rotatable bonds is 5. The summed E-state index contributed by atoms with van der Waals surface area (Å²) in [4.78, 5) is 20.2. The molecule has 1 atom stereocenters. The van der Waals surface area contributed by atoms with E-state index in [1.807, 2.05) is 0 Å². The van der Waals surface area contributed by atoms with E-state index in [1.165, 1.54) is 6.33 Å². The van der Waals surface area contributed by atoms with Crippen LogP contribution >= 0.6 is 0 Å². The number of ether oxygens (including phenoxy) is 1. The lowest BCUT2D eigenvalue weighted by Crippen LogP contribution is -2.20. The number of hydrogen-bond donors (Lipinski definition) is 2. The molecule has 0 bridgehead atoms. The van der Waals surface area contributed by atoms with E-state index in [0.717, 1.165) is 19.4 Å². The molecule has 2 N–H and O–H groups in total. The highest BCUT2D eigenvalue weighted by molar-refractivity contribution is 6.02. The SMILES string of the molecule is Cc1cc(NC(=O)c2cc(NCC3CCCO3)ncn2)no1. The van der Waals surface area contributed by atoms with Crippen molar-refractivity contribution >= 4 is 17.5 Å². The molecule has 1 unspecified atom stereocenters. The number of nitrogens with zero attached hydrogens (tertiary/aromatic N) is 3. The number of carbonyl (C=O) groups is 1. The molecule has 3 rings (SSSR count). The fraction of sp³-hybridized carbons (Fsp3) is 0.429. The molecule has 8 nitrogen and oxygen atoms in total. The van der Waals surface area contributed by atoms with Gasteiger partial charge in [0.15, 0.2) is 5.82 Å². The van der Waals surface area contributed by atoms with Crippen molar-refractivity contribution in [2.45, 2.75) is 25.9 Å². The Morgan fingerprint density at radius 3 is 3.00 bits per heavy atom. The Hall–Kier alpha value is -2.48. The van der Waals surface area contributed by atoms with Crippen molar-refractivity contribution < 1.29 is 14.1 Å². The summed E-state index contributed by atoms with van der Waals surface area (Å²) in [6.07, 6.45) is 3.67. The first-order chi connectivity index (χ1) is 10.7. The molecule has 22 heavy (non-hydrogen) atoms. The van der Waals surface area contributed by atoms with Crippen LogP contribution in [-0.4, -0.2) is 40.3 Å². The topological polar surface area (TPSA) is 102 Å². The number of carbonyl (C=O) groups excluding carboxylic acids is 1. The van der Waals surface area contributed by atoms with Crippen LogP contribution in [0.3, 0.4) is 0 Å². The average Bonchev–Trinajstić information content (AvgIpc) is 3.17. The smallest absolute Gasteiger partial charge is 0.275 e. The molecule has 1 aliphatic heterocycles. The van der Waals surface area contributed by atoms with Crippen LogP contribution in [-0.2, 0) is 4.74 Å². The van der Waals surface area contributed by atoms with Crippen molar-refractivity contribution in [2.75, 3.05) is 23.8 Å². The number of hydrogen-bond acceptors (Lipinski definition) is 7. The molecule has 0 saturated carbocycles. The molecular formula is C14H17N5O3. The minimum absolute atomic E-state index is 0.199. The maximum Gasteiger partial charge on any atom is 0.275 e. The molecular weight excluding hydrogens is 286 g/mol. The maximum atomic E-state index is 12.1. The summed E-state index contributed by atoms with van der Waals surface area (Å²) in [5, 5.41) is 9.49. The first kappa shape index (κ1) is 14.5. The van der Waals surface area contributed by atoms with Crippen molar-refractivity contribution in [3.05, 3.63) is 29.9 Å². The van der Waals surface area contributed by atoms with Crippen molar-refractivity contribution in [2.24, 2.45) is 0 Å². The molecule has 1 amide bonds. The summed E-state index contributed by atoms with van der Waals surface area (Å²) in [6, 6.07) is 3.23. The number of nitrogens with one attached hydrogen (secondary N) is 2. The van der Waals surface area contributed by atoms with Gasteiger partial charge in [0, 0.05) is 25.3 Å². The third kappa shape index (κ3) is 3.59. The molecule has 0 radical (unpaired) electrons. The predicted octanol–water partition coefficient (Wildman–Crippen LogP) is 1.62. The number of amides is 1. The second kappa shape index (κ2) is 6.52. The summed E-state index contributed by atoms with van der Waals surface area (Å²) < 4.78 is 10.4. The van der Waals surface area contributed by atoms with Crippen LogP contribution in [0.4, 0.5) is 11.6 Å². The summed E-state index contributed by atoms with van der Waals surface area (Å²) >= 11 is 0. The number of aromatic nitrogens is 3. The molecule has 116 valence electrons. The van der Waals surface area contributed by atoms with Crippen molar-refractivity contribution in [1.82, 2.24) is 15.1 Å². The lowest BCUT2D eigenvalue weighted by Gasteiger charge is -2.11. The Balaban J connectivity index is 1.61. The van der Waals surface area contributed by atoms with Gasteiger partial charge in [0.25, 0.3) is 5.91 Å². The van der Waals surface area contributed by atoms with E-state index in [9.17, 15) is 4.79 Å².